The van der Waals surface area contributed by atoms with E-state index in [9.17, 15) is 14.0 Å². The minimum absolute atomic E-state index is 0.0984. The summed E-state index contributed by atoms with van der Waals surface area (Å²) in [5.74, 6) is -0.757. The van der Waals surface area contributed by atoms with Crippen LogP contribution in [0.25, 0.3) is 0 Å². The molecule has 0 aromatic heterocycles. The van der Waals surface area contributed by atoms with Crippen molar-refractivity contribution in [3.8, 4) is 0 Å². The van der Waals surface area contributed by atoms with Crippen LogP contribution in [-0.2, 0) is 21.5 Å². The molecule has 2 amide bonds. The molecule has 2 saturated heterocycles. The maximum absolute atomic E-state index is 14.2. The summed E-state index contributed by atoms with van der Waals surface area (Å²) in [5, 5.41) is 2.91. The number of hydrogen-bond acceptors (Lipinski definition) is 4. The third-order valence-corrected chi connectivity index (χ3v) is 5.96. The van der Waals surface area contributed by atoms with Gasteiger partial charge in [0.05, 0.1) is 18.1 Å². The number of amides is 2. The number of hydrogen-bond donors (Lipinski definition) is 3. The van der Waals surface area contributed by atoms with Crippen molar-refractivity contribution in [1.82, 2.24) is 16.2 Å². The molecule has 0 aliphatic carbocycles. The van der Waals surface area contributed by atoms with E-state index < -0.39 is 5.41 Å². The predicted octanol–water partition coefficient (Wildman–Crippen LogP) is 1.18. The molecule has 0 bridgehead atoms. The molecule has 3 unspecified atom stereocenters. The lowest BCUT2D eigenvalue weighted by atomic mass is 9.65. The molecular weight excluding hydrogens is 347 g/mol. The third-order valence-electron chi connectivity index (χ3n) is 5.96. The fourth-order valence-corrected chi connectivity index (χ4v) is 4.74. The standard InChI is InChI=1S/C20H19FN4O2/c21-15-7-3-1-5-12(15)11-25-16-8-4-2-6-13(16)20(19(25)27)9-17(26)23-18-14(20)10-22-24-18/h1-8,14,18,22,24H,9-11H2,(H,23,26). The molecule has 2 aromatic carbocycles. The quantitative estimate of drug-likeness (QED) is 0.746. The van der Waals surface area contributed by atoms with E-state index >= 15 is 0 Å². The van der Waals surface area contributed by atoms with E-state index in [1.165, 1.54) is 6.07 Å². The maximum Gasteiger partial charge on any atom is 0.239 e. The van der Waals surface area contributed by atoms with E-state index in [-0.39, 0.29) is 42.7 Å². The summed E-state index contributed by atoms with van der Waals surface area (Å²) in [4.78, 5) is 27.8. The third kappa shape index (κ3) is 2.25. The van der Waals surface area contributed by atoms with E-state index in [1.54, 1.807) is 23.1 Å². The molecule has 3 atom stereocenters. The number of benzene rings is 2. The van der Waals surface area contributed by atoms with Crippen LogP contribution in [0.2, 0.25) is 0 Å². The van der Waals surface area contributed by atoms with Crippen LogP contribution in [0.4, 0.5) is 10.1 Å². The first-order valence-electron chi connectivity index (χ1n) is 9.04. The molecular formula is C20H19FN4O2. The lowest BCUT2D eigenvalue weighted by molar-refractivity contribution is -0.136. The molecule has 3 N–H and O–H groups in total. The van der Waals surface area contributed by atoms with Gasteiger partial charge in [0.1, 0.15) is 5.82 Å². The number of nitrogens with one attached hydrogen (secondary N) is 3. The molecule has 3 aliphatic rings. The fourth-order valence-electron chi connectivity index (χ4n) is 4.74. The van der Waals surface area contributed by atoms with Crippen LogP contribution in [0.5, 0.6) is 0 Å². The Labute approximate surface area is 155 Å². The fraction of sp³-hybridized carbons (Fsp3) is 0.300. The van der Waals surface area contributed by atoms with Crippen molar-refractivity contribution in [1.29, 1.82) is 0 Å². The van der Waals surface area contributed by atoms with Gasteiger partial charge in [-0.3, -0.25) is 15.0 Å². The average Bonchev–Trinajstić information content (AvgIpc) is 3.22. The van der Waals surface area contributed by atoms with E-state index in [4.69, 9.17) is 0 Å². The summed E-state index contributed by atoms with van der Waals surface area (Å²) >= 11 is 0. The largest absolute Gasteiger partial charge is 0.339 e. The Morgan fingerprint density at radius 2 is 1.89 bits per heavy atom. The molecule has 6 nitrogen and oxygen atoms in total. The van der Waals surface area contributed by atoms with Gasteiger partial charge in [0.15, 0.2) is 0 Å². The average molecular weight is 366 g/mol. The highest BCUT2D eigenvalue weighted by Crippen LogP contribution is 2.51. The Morgan fingerprint density at radius 3 is 2.74 bits per heavy atom. The molecule has 0 radical (unpaired) electrons. The summed E-state index contributed by atoms with van der Waals surface area (Å²) in [7, 11) is 0. The van der Waals surface area contributed by atoms with Crippen molar-refractivity contribution in [2.24, 2.45) is 5.92 Å². The number of carbonyl (C=O) groups excluding carboxylic acids is 2. The second-order valence-electron chi connectivity index (χ2n) is 7.32. The number of carbonyl (C=O) groups is 2. The van der Waals surface area contributed by atoms with E-state index in [1.807, 2.05) is 24.3 Å². The Morgan fingerprint density at radius 1 is 1.11 bits per heavy atom. The van der Waals surface area contributed by atoms with Crippen molar-refractivity contribution >= 4 is 17.5 Å². The van der Waals surface area contributed by atoms with Crippen LogP contribution in [0.3, 0.4) is 0 Å². The van der Waals surface area contributed by atoms with Crippen LogP contribution in [0.1, 0.15) is 17.5 Å². The van der Waals surface area contributed by atoms with Crippen molar-refractivity contribution in [3.05, 3.63) is 65.5 Å². The minimum atomic E-state index is -0.939. The van der Waals surface area contributed by atoms with Crippen molar-refractivity contribution < 1.29 is 14.0 Å². The predicted molar refractivity (Wildman–Crippen MR) is 96.9 cm³/mol. The monoisotopic (exact) mass is 366 g/mol. The highest BCUT2D eigenvalue weighted by molar-refractivity contribution is 6.11. The van der Waals surface area contributed by atoms with Crippen LogP contribution in [0.15, 0.2) is 48.5 Å². The minimum Gasteiger partial charge on any atom is -0.339 e. The van der Waals surface area contributed by atoms with Crippen LogP contribution >= 0.6 is 0 Å². The Bertz CT molecular complexity index is 949. The van der Waals surface area contributed by atoms with Crippen LogP contribution in [0, 0.1) is 11.7 Å². The lowest BCUT2D eigenvalue weighted by Gasteiger charge is -2.40. The number of rotatable bonds is 2. The first-order valence-corrected chi connectivity index (χ1v) is 9.04. The Kier molecular flexibility index (Phi) is 3.57. The van der Waals surface area contributed by atoms with Gasteiger partial charge in [0, 0.05) is 30.1 Å². The molecule has 3 aliphatic heterocycles. The molecule has 0 saturated carbocycles. The zero-order valence-corrected chi connectivity index (χ0v) is 14.5. The Balaban J connectivity index is 1.63. The number of nitrogens with zero attached hydrogens (tertiary/aromatic N) is 1. The topological polar surface area (TPSA) is 73.5 Å². The maximum atomic E-state index is 14.2. The first-order chi connectivity index (χ1) is 13.1. The first kappa shape index (κ1) is 16.4. The highest BCUT2D eigenvalue weighted by Gasteiger charge is 2.61. The molecule has 2 aromatic rings. The van der Waals surface area contributed by atoms with Gasteiger partial charge in [-0.05, 0) is 17.7 Å². The summed E-state index contributed by atoms with van der Waals surface area (Å²) in [6.07, 6.45) is -0.210. The van der Waals surface area contributed by atoms with E-state index in [0.29, 0.717) is 12.1 Å². The van der Waals surface area contributed by atoms with Crippen LogP contribution < -0.4 is 21.1 Å². The van der Waals surface area contributed by atoms with Crippen LogP contribution in [-0.4, -0.2) is 24.5 Å². The summed E-state index contributed by atoms with van der Waals surface area (Å²) in [5.41, 5.74) is 7.24. The molecule has 2 fully saturated rings. The summed E-state index contributed by atoms with van der Waals surface area (Å²) < 4.78 is 14.2. The van der Waals surface area contributed by atoms with Crippen molar-refractivity contribution in [3.63, 3.8) is 0 Å². The molecule has 5 rings (SSSR count). The number of halogens is 1. The molecule has 138 valence electrons. The Hall–Kier alpha value is -2.77. The number of para-hydroxylation sites is 1. The zero-order chi connectivity index (χ0) is 18.6. The van der Waals surface area contributed by atoms with Gasteiger partial charge in [-0.2, -0.15) is 0 Å². The second kappa shape index (κ2) is 5.87. The van der Waals surface area contributed by atoms with Gasteiger partial charge in [-0.15, -0.1) is 0 Å². The van der Waals surface area contributed by atoms with Gasteiger partial charge in [-0.25, -0.2) is 9.82 Å². The SMILES string of the molecule is O=C1CC2(C(=O)N(Cc3ccccc3F)c3ccccc32)C2CNNC2N1. The number of piperidine rings is 1. The lowest BCUT2D eigenvalue weighted by Crippen LogP contribution is -2.62. The van der Waals surface area contributed by atoms with Crippen molar-refractivity contribution in [2.75, 3.05) is 11.4 Å². The zero-order valence-electron chi connectivity index (χ0n) is 14.5. The normalized spacial score (nSPS) is 29.0. The van der Waals surface area contributed by atoms with Gasteiger partial charge < -0.3 is 10.2 Å². The molecule has 1 spiro atoms. The number of anilines is 1. The second-order valence-corrected chi connectivity index (χ2v) is 7.32. The smallest absolute Gasteiger partial charge is 0.239 e. The van der Waals surface area contributed by atoms with Gasteiger partial charge in [0.25, 0.3) is 0 Å². The molecule has 3 heterocycles. The summed E-state index contributed by atoms with van der Waals surface area (Å²) in [6.45, 7) is 0.711. The van der Waals surface area contributed by atoms with E-state index in [0.717, 1.165) is 11.3 Å². The van der Waals surface area contributed by atoms with Gasteiger partial charge in [0.2, 0.25) is 11.8 Å². The van der Waals surface area contributed by atoms with E-state index in [2.05, 4.69) is 16.2 Å². The van der Waals surface area contributed by atoms with Crippen molar-refractivity contribution in [2.45, 2.75) is 24.5 Å². The molecule has 7 heteroatoms. The number of hydrazine groups is 1. The molecule has 27 heavy (non-hydrogen) atoms. The highest BCUT2D eigenvalue weighted by atomic mass is 19.1. The summed E-state index contributed by atoms with van der Waals surface area (Å²) in [6, 6.07) is 14.0. The van der Waals surface area contributed by atoms with Gasteiger partial charge >= 0.3 is 0 Å². The van der Waals surface area contributed by atoms with Gasteiger partial charge in [-0.1, -0.05) is 36.4 Å². The number of fused-ring (bicyclic) bond motifs is 4.